The quantitative estimate of drug-likeness (QED) is 0.318. The van der Waals surface area contributed by atoms with Gasteiger partial charge in [-0.05, 0) is 12.1 Å². The van der Waals surface area contributed by atoms with Crippen molar-refractivity contribution in [1.29, 1.82) is 0 Å². The molecule has 0 N–H and O–H groups in total. The molecule has 2 heterocycles. The minimum absolute atomic E-state index is 0.0531. The maximum atomic E-state index is 12.4. The van der Waals surface area contributed by atoms with Gasteiger partial charge in [0.15, 0.2) is 11.3 Å². The number of carbonyl (C=O) groups excluding carboxylic acids is 1. The molecule has 0 radical (unpaired) electrons. The number of carbonyl (C=O) groups is 1. The third kappa shape index (κ3) is 2.86. The van der Waals surface area contributed by atoms with Crippen LogP contribution in [-0.4, -0.2) is 16.1 Å². The summed E-state index contributed by atoms with van der Waals surface area (Å²) in [5.74, 6) is 0.0916. The molecule has 26 heavy (non-hydrogen) atoms. The molecule has 2 aromatic carbocycles. The van der Waals surface area contributed by atoms with Crippen LogP contribution in [-0.2, 0) is 4.79 Å². The number of hydrogen-bond donors (Lipinski definition) is 0. The second kappa shape index (κ2) is 6.29. The summed E-state index contributed by atoms with van der Waals surface area (Å²) in [5, 5.41) is 4.47. The highest BCUT2D eigenvalue weighted by molar-refractivity contribution is 5.87. The molecule has 4 aromatic rings. The van der Waals surface area contributed by atoms with Crippen LogP contribution in [0, 0.1) is 0 Å². The Kier molecular flexibility index (Phi) is 3.81. The molecule has 0 amide bonds. The number of aromatic nitrogens is 2. The average molecular weight is 348 g/mol. The molecule has 7 nitrogen and oxygen atoms in total. The van der Waals surface area contributed by atoms with Gasteiger partial charge in [-0.15, -0.1) is 0 Å². The largest absolute Gasteiger partial charge is 0.423 e. The minimum atomic E-state index is -0.666. The highest BCUT2D eigenvalue weighted by atomic mass is 16.5. The first kappa shape index (κ1) is 15.8. The molecular formula is C19H12N2O5. The van der Waals surface area contributed by atoms with Crippen LogP contribution in [0.2, 0.25) is 0 Å². The van der Waals surface area contributed by atoms with Crippen molar-refractivity contribution < 1.29 is 18.5 Å². The molecule has 2 aromatic heterocycles. The van der Waals surface area contributed by atoms with Crippen molar-refractivity contribution in [3.05, 3.63) is 65.0 Å². The maximum absolute atomic E-state index is 12.4. The number of para-hydroxylation sites is 1. The van der Waals surface area contributed by atoms with Crippen LogP contribution in [0.5, 0.6) is 5.75 Å². The van der Waals surface area contributed by atoms with Gasteiger partial charge in [-0.3, -0.25) is 4.79 Å². The molecule has 0 unspecified atom stereocenters. The summed E-state index contributed by atoms with van der Waals surface area (Å²) in [6.07, 6.45) is 0. The Bertz CT molecular complexity index is 1160. The minimum Gasteiger partial charge on any atom is -0.423 e. The molecule has 0 saturated carbocycles. The van der Waals surface area contributed by atoms with Crippen molar-refractivity contribution in [1.82, 2.24) is 10.1 Å². The lowest BCUT2D eigenvalue weighted by atomic mass is 10.1. The van der Waals surface area contributed by atoms with E-state index in [1.807, 2.05) is 30.3 Å². The first-order chi connectivity index (χ1) is 12.6. The zero-order chi connectivity index (χ0) is 18.1. The Morgan fingerprint density at radius 2 is 1.88 bits per heavy atom. The summed E-state index contributed by atoms with van der Waals surface area (Å²) in [7, 11) is 0. The smallest absolute Gasteiger partial charge is 0.349 e. The molecule has 128 valence electrons. The summed E-state index contributed by atoms with van der Waals surface area (Å²) in [4.78, 5) is 27.8. The van der Waals surface area contributed by atoms with Gasteiger partial charge in [-0.2, -0.15) is 4.98 Å². The predicted molar refractivity (Wildman–Crippen MR) is 92.5 cm³/mol. The molecule has 0 fully saturated rings. The van der Waals surface area contributed by atoms with E-state index in [-0.39, 0.29) is 22.8 Å². The lowest BCUT2D eigenvalue weighted by Crippen LogP contribution is -2.06. The number of benzene rings is 2. The van der Waals surface area contributed by atoms with Crippen molar-refractivity contribution in [2.75, 3.05) is 0 Å². The van der Waals surface area contributed by atoms with Crippen molar-refractivity contribution in [3.63, 3.8) is 0 Å². The van der Waals surface area contributed by atoms with Crippen molar-refractivity contribution >= 4 is 16.9 Å². The van der Waals surface area contributed by atoms with Gasteiger partial charge in [0, 0.05) is 17.9 Å². The lowest BCUT2D eigenvalue weighted by molar-refractivity contribution is -0.131. The molecular weight excluding hydrogens is 336 g/mol. The Labute approximate surface area is 146 Å². The number of nitrogens with zero attached hydrogens (tertiary/aromatic N) is 2. The molecule has 0 aliphatic heterocycles. The monoisotopic (exact) mass is 348 g/mol. The van der Waals surface area contributed by atoms with Gasteiger partial charge in [-0.1, -0.05) is 47.6 Å². The van der Waals surface area contributed by atoms with Crippen molar-refractivity contribution in [2.45, 2.75) is 6.92 Å². The number of esters is 1. The lowest BCUT2D eigenvalue weighted by Gasteiger charge is -2.04. The highest BCUT2D eigenvalue weighted by Gasteiger charge is 2.17. The van der Waals surface area contributed by atoms with Crippen LogP contribution in [0.4, 0.5) is 0 Å². The van der Waals surface area contributed by atoms with Crippen molar-refractivity contribution in [3.8, 4) is 28.6 Å². The molecule has 0 atom stereocenters. The standard InChI is InChI=1S/C19H12N2O5/c1-11(22)24-15-9-5-8-13-10-14(19(23)25-16(13)15)18-20-17(21-26-18)12-6-3-2-4-7-12/h2-10H,1H3. The van der Waals surface area contributed by atoms with Crippen LogP contribution in [0.1, 0.15) is 6.92 Å². The van der Waals surface area contributed by atoms with E-state index in [0.717, 1.165) is 5.56 Å². The van der Waals surface area contributed by atoms with Gasteiger partial charge in [0.25, 0.3) is 5.89 Å². The first-order valence-corrected chi connectivity index (χ1v) is 7.76. The fourth-order valence-corrected chi connectivity index (χ4v) is 2.54. The van der Waals surface area contributed by atoms with Gasteiger partial charge in [0.2, 0.25) is 5.82 Å². The molecule has 7 heteroatoms. The molecule has 0 aliphatic carbocycles. The van der Waals surface area contributed by atoms with Crippen molar-refractivity contribution in [2.24, 2.45) is 0 Å². The summed E-state index contributed by atoms with van der Waals surface area (Å²) in [5.41, 5.74) is 0.414. The normalized spacial score (nSPS) is 10.8. The Morgan fingerprint density at radius 1 is 1.08 bits per heavy atom. The molecule has 0 aliphatic rings. The topological polar surface area (TPSA) is 95.4 Å². The van der Waals surface area contributed by atoms with E-state index < -0.39 is 11.6 Å². The van der Waals surface area contributed by atoms with E-state index in [1.54, 1.807) is 24.3 Å². The molecule has 0 spiro atoms. The van der Waals surface area contributed by atoms with Crippen LogP contribution >= 0.6 is 0 Å². The Morgan fingerprint density at radius 3 is 2.65 bits per heavy atom. The molecule has 0 bridgehead atoms. The summed E-state index contributed by atoms with van der Waals surface area (Å²) in [6.45, 7) is 1.27. The van der Waals surface area contributed by atoms with E-state index >= 15 is 0 Å². The Hall–Kier alpha value is -3.74. The van der Waals surface area contributed by atoms with Crippen LogP contribution in [0.15, 0.2) is 68.3 Å². The van der Waals surface area contributed by atoms with E-state index in [0.29, 0.717) is 11.2 Å². The van der Waals surface area contributed by atoms with Gasteiger partial charge in [-0.25, -0.2) is 4.79 Å². The third-order valence-corrected chi connectivity index (χ3v) is 3.67. The number of rotatable bonds is 3. The van der Waals surface area contributed by atoms with Crippen LogP contribution in [0.3, 0.4) is 0 Å². The second-order valence-electron chi connectivity index (χ2n) is 5.50. The summed E-state index contributed by atoms with van der Waals surface area (Å²) in [6, 6.07) is 15.8. The van der Waals surface area contributed by atoms with Gasteiger partial charge in [0.05, 0.1) is 0 Å². The Balaban J connectivity index is 1.81. The maximum Gasteiger partial charge on any atom is 0.349 e. The highest BCUT2D eigenvalue weighted by Crippen LogP contribution is 2.28. The number of fused-ring (bicyclic) bond motifs is 1. The SMILES string of the molecule is CC(=O)Oc1cccc2cc(-c3nc(-c4ccccc4)no3)c(=O)oc12. The average Bonchev–Trinajstić information content (AvgIpc) is 3.12. The fraction of sp³-hybridized carbons (Fsp3) is 0.0526. The zero-order valence-electron chi connectivity index (χ0n) is 13.6. The van der Waals surface area contributed by atoms with Crippen LogP contribution in [0.25, 0.3) is 33.8 Å². The summed E-state index contributed by atoms with van der Waals surface area (Å²) < 4.78 is 15.6. The summed E-state index contributed by atoms with van der Waals surface area (Å²) >= 11 is 0. The number of hydrogen-bond acceptors (Lipinski definition) is 7. The van der Waals surface area contributed by atoms with E-state index in [9.17, 15) is 9.59 Å². The van der Waals surface area contributed by atoms with E-state index in [1.165, 1.54) is 6.92 Å². The van der Waals surface area contributed by atoms with Gasteiger partial charge >= 0.3 is 11.6 Å². The van der Waals surface area contributed by atoms with Gasteiger partial charge in [0.1, 0.15) is 5.56 Å². The molecule has 4 rings (SSSR count). The first-order valence-electron chi connectivity index (χ1n) is 7.76. The van der Waals surface area contributed by atoms with E-state index in [4.69, 9.17) is 13.7 Å². The van der Waals surface area contributed by atoms with E-state index in [2.05, 4.69) is 10.1 Å². The van der Waals surface area contributed by atoms with Crippen LogP contribution < -0.4 is 10.4 Å². The third-order valence-electron chi connectivity index (χ3n) is 3.67. The van der Waals surface area contributed by atoms with Gasteiger partial charge < -0.3 is 13.7 Å². The second-order valence-corrected chi connectivity index (χ2v) is 5.50. The molecule has 0 saturated heterocycles. The fourth-order valence-electron chi connectivity index (χ4n) is 2.54. The zero-order valence-corrected chi connectivity index (χ0v) is 13.6. The number of ether oxygens (including phenoxy) is 1. The predicted octanol–water partition coefficient (Wildman–Crippen LogP) is 3.44.